The van der Waals surface area contributed by atoms with E-state index in [4.69, 9.17) is 0 Å². The summed E-state index contributed by atoms with van der Waals surface area (Å²) in [6.45, 7) is 2.17. The second-order valence-corrected chi connectivity index (χ2v) is 2.57. The fourth-order valence-corrected chi connectivity index (χ4v) is 0.813. The highest BCUT2D eigenvalue weighted by atomic mass is 16.2. The lowest BCUT2D eigenvalue weighted by atomic mass is 10.5. The van der Waals surface area contributed by atoms with E-state index in [1.807, 2.05) is 0 Å². The van der Waals surface area contributed by atoms with Crippen LogP contribution in [0.5, 0.6) is 0 Å². The van der Waals surface area contributed by atoms with E-state index in [-0.39, 0.29) is 17.6 Å². The van der Waals surface area contributed by atoms with Crippen molar-refractivity contribution in [1.29, 1.82) is 0 Å². The Hall–Kier alpha value is -1.92. The molecule has 2 amide bonds. The maximum absolute atomic E-state index is 11.2. The van der Waals surface area contributed by atoms with Gasteiger partial charge in [-0.2, -0.15) is 5.10 Å². The van der Waals surface area contributed by atoms with Crippen LogP contribution < -0.4 is 10.6 Å². The van der Waals surface area contributed by atoms with Gasteiger partial charge in [0.1, 0.15) is 6.33 Å². The van der Waals surface area contributed by atoms with Crippen molar-refractivity contribution in [3.63, 3.8) is 0 Å². The SMILES string of the molecule is CC(=O)NCCNC(=O)c1ncn[nH]1. The maximum atomic E-state index is 11.2. The van der Waals surface area contributed by atoms with E-state index in [9.17, 15) is 9.59 Å². The van der Waals surface area contributed by atoms with Gasteiger partial charge >= 0.3 is 0 Å². The number of hydrogen-bond acceptors (Lipinski definition) is 4. The first-order chi connectivity index (χ1) is 6.70. The Balaban J connectivity index is 2.19. The smallest absolute Gasteiger partial charge is 0.288 e. The van der Waals surface area contributed by atoms with E-state index >= 15 is 0 Å². The molecule has 0 fully saturated rings. The van der Waals surface area contributed by atoms with E-state index in [1.54, 1.807) is 0 Å². The van der Waals surface area contributed by atoms with Gasteiger partial charge in [0.2, 0.25) is 11.7 Å². The molecule has 0 spiro atoms. The van der Waals surface area contributed by atoms with E-state index in [1.165, 1.54) is 13.3 Å². The zero-order chi connectivity index (χ0) is 10.4. The van der Waals surface area contributed by atoms with Crippen LogP contribution in [0.25, 0.3) is 0 Å². The molecule has 0 aliphatic carbocycles. The second kappa shape index (κ2) is 4.95. The summed E-state index contributed by atoms with van der Waals surface area (Å²) in [4.78, 5) is 25.3. The van der Waals surface area contributed by atoms with Gasteiger partial charge in [0.15, 0.2) is 0 Å². The van der Waals surface area contributed by atoms with Crippen LogP contribution in [0.15, 0.2) is 6.33 Å². The van der Waals surface area contributed by atoms with Gasteiger partial charge in [0, 0.05) is 20.0 Å². The molecule has 0 saturated heterocycles. The van der Waals surface area contributed by atoms with Gasteiger partial charge in [-0.05, 0) is 0 Å². The molecule has 14 heavy (non-hydrogen) atoms. The van der Waals surface area contributed by atoms with Crippen LogP contribution in [0.4, 0.5) is 0 Å². The van der Waals surface area contributed by atoms with Crippen LogP contribution >= 0.6 is 0 Å². The number of nitrogens with zero attached hydrogens (tertiary/aromatic N) is 2. The van der Waals surface area contributed by atoms with Crippen LogP contribution in [-0.4, -0.2) is 40.1 Å². The van der Waals surface area contributed by atoms with Gasteiger partial charge in [-0.15, -0.1) is 0 Å². The first-order valence-corrected chi connectivity index (χ1v) is 4.08. The molecular weight excluding hydrogens is 186 g/mol. The lowest BCUT2D eigenvalue weighted by molar-refractivity contribution is -0.118. The number of hydrogen-bond donors (Lipinski definition) is 3. The molecule has 1 aromatic rings. The van der Waals surface area contributed by atoms with Crippen molar-refractivity contribution < 1.29 is 9.59 Å². The van der Waals surface area contributed by atoms with E-state index in [0.29, 0.717) is 13.1 Å². The summed E-state index contributed by atoms with van der Waals surface area (Å²) in [5.41, 5.74) is 0. The third-order valence-corrected chi connectivity index (χ3v) is 1.41. The molecule has 0 unspecified atom stereocenters. The van der Waals surface area contributed by atoms with Crippen molar-refractivity contribution in [2.75, 3.05) is 13.1 Å². The minimum Gasteiger partial charge on any atom is -0.355 e. The third-order valence-electron chi connectivity index (χ3n) is 1.41. The van der Waals surface area contributed by atoms with Crippen molar-refractivity contribution in [3.8, 4) is 0 Å². The topological polar surface area (TPSA) is 99.8 Å². The summed E-state index contributed by atoms with van der Waals surface area (Å²) in [7, 11) is 0. The molecule has 3 N–H and O–H groups in total. The maximum Gasteiger partial charge on any atom is 0.288 e. The Labute approximate surface area is 80.3 Å². The van der Waals surface area contributed by atoms with Gasteiger partial charge in [0.25, 0.3) is 5.91 Å². The van der Waals surface area contributed by atoms with E-state index in [0.717, 1.165) is 0 Å². The van der Waals surface area contributed by atoms with Gasteiger partial charge < -0.3 is 10.6 Å². The minimum absolute atomic E-state index is 0.126. The minimum atomic E-state index is -0.340. The first-order valence-electron chi connectivity index (χ1n) is 4.08. The molecular formula is C7H11N5O2. The quantitative estimate of drug-likeness (QED) is 0.521. The molecule has 1 rings (SSSR count). The van der Waals surface area contributed by atoms with Crippen molar-refractivity contribution in [1.82, 2.24) is 25.8 Å². The lowest BCUT2D eigenvalue weighted by Gasteiger charge is -2.02. The van der Waals surface area contributed by atoms with Crippen molar-refractivity contribution >= 4 is 11.8 Å². The Morgan fingerprint density at radius 1 is 1.43 bits per heavy atom. The Morgan fingerprint density at radius 2 is 2.14 bits per heavy atom. The Bertz CT molecular complexity index is 308. The van der Waals surface area contributed by atoms with E-state index < -0.39 is 0 Å². The fourth-order valence-electron chi connectivity index (χ4n) is 0.813. The number of nitrogens with one attached hydrogen (secondary N) is 3. The summed E-state index contributed by atoms with van der Waals surface area (Å²) in [5, 5.41) is 11.1. The average Bonchev–Trinajstić information content (AvgIpc) is 2.64. The highest BCUT2D eigenvalue weighted by Gasteiger charge is 2.06. The predicted molar refractivity (Wildman–Crippen MR) is 47.4 cm³/mol. The normalized spacial score (nSPS) is 9.50. The Kier molecular flexibility index (Phi) is 3.59. The summed E-state index contributed by atoms with van der Waals surface area (Å²) >= 11 is 0. The molecule has 0 bridgehead atoms. The molecule has 0 saturated carbocycles. The molecule has 7 heteroatoms. The summed E-state index contributed by atoms with van der Waals surface area (Å²) in [6, 6.07) is 0. The van der Waals surface area contributed by atoms with Crippen molar-refractivity contribution in [2.24, 2.45) is 0 Å². The first kappa shape index (κ1) is 10.2. The highest BCUT2D eigenvalue weighted by Crippen LogP contribution is 1.83. The van der Waals surface area contributed by atoms with Crippen LogP contribution in [0, 0.1) is 0 Å². The molecule has 1 aromatic heterocycles. The van der Waals surface area contributed by atoms with Gasteiger partial charge in [0.05, 0.1) is 0 Å². The largest absolute Gasteiger partial charge is 0.355 e. The molecule has 0 radical (unpaired) electrons. The number of H-pyrrole nitrogens is 1. The van der Waals surface area contributed by atoms with Crippen molar-refractivity contribution in [2.45, 2.75) is 6.92 Å². The zero-order valence-corrected chi connectivity index (χ0v) is 7.70. The molecule has 7 nitrogen and oxygen atoms in total. The fraction of sp³-hybridized carbons (Fsp3) is 0.429. The number of aromatic nitrogens is 3. The molecule has 0 aliphatic heterocycles. The average molecular weight is 197 g/mol. The highest BCUT2D eigenvalue weighted by molar-refractivity contribution is 5.90. The van der Waals surface area contributed by atoms with Crippen LogP contribution in [0.1, 0.15) is 17.5 Å². The number of rotatable bonds is 4. The van der Waals surface area contributed by atoms with Crippen LogP contribution in [-0.2, 0) is 4.79 Å². The summed E-state index contributed by atoms with van der Waals surface area (Å²) in [6.07, 6.45) is 1.25. The second-order valence-electron chi connectivity index (χ2n) is 2.57. The molecule has 0 aromatic carbocycles. The lowest BCUT2D eigenvalue weighted by Crippen LogP contribution is -2.34. The number of amides is 2. The number of carbonyl (C=O) groups is 2. The van der Waals surface area contributed by atoms with Gasteiger partial charge in [-0.3, -0.25) is 14.7 Å². The van der Waals surface area contributed by atoms with Gasteiger partial charge in [-0.1, -0.05) is 0 Å². The summed E-state index contributed by atoms with van der Waals surface area (Å²) in [5.74, 6) is -0.306. The molecule has 1 heterocycles. The van der Waals surface area contributed by atoms with Crippen LogP contribution in [0.2, 0.25) is 0 Å². The monoisotopic (exact) mass is 197 g/mol. The van der Waals surface area contributed by atoms with Gasteiger partial charge in [-0.25, -0.2) is 4.98 Å². The zero-order valence-electron chi connectivity index (χ0n) is 7.70. The van der Waals surface area contributed by atoms with Crippen LogP contribution in [0.3, 0.4) is 0 Å². The Morgan fingerprint density at radius 3 is 2.71 bits per heavy atom. The third kappa shape index (κ3) is 3.21. The molecule has 76 valence electrons. The predicted octanol–water partition coefficient (Wildman–Crippen LogP) is -1.33. The van der Waals surface area contributed by atoms with Crippen molar-refractivity contribution in [3.05, 3.63) is 12.2 Å². The number of aromatic amines is 1. The number of carbonyl (C=O) groups excluding carboxylic acids is 2. The molecule has 0 aliphatic rings. The van der Waals surface area contributed by atoms with E-state index in [2.05, 4.69) is 25.8 Å². The summed E-state index contributed by atoms with van der Waals surface area (Å²) < 4.78 is 0. The molecule has 0 atom stereocenters. The standard InChI is InChI=1S/C7H11N5O2/c1-5(13)8-2-3-9-7(14)6-10-4-11-12-6/h4H,2-3H2,1H3,(H,8,13)(H,9,14)(H,10,11,12).